The maximum Gasteiger partial charge on any atom is 0.279 e. The largest absolute Gasteiger partial charge is 0.350 e. The van der Waals surface area contributed by atoms with Gasteiger partial charge in [-0.05, 0) is 55.0 Å². The van der Waals surface area contributed by atoms with Crippen LogP contribution in [0.2, 0.25) is 0 Å². The van der Waals surface area contributed by atoms with Crippen molar-refractivity contribution in [1.82, 2.24) is 30.5 Å². The second-order valence-electron chi connectivity index (χ2n) is 11.9. The number of pyridine rings is 1. The lowest BCUT2D eigenvalue weighted by Crippen LogP contribution is -2.54. The van der Waals surface area contributed by atoms with Crippen LogP contribution in [0.4, 0.5) is 5.69 Å². The first-order chi connectivity index (χ1) is 19.7. The maximum atomic E-state index is 14.2. The molecule has 3 atom stereocenters. The first kappa shape index (κ1) is 28.5. The minimum atomic E-state index is -1.00. The summed E-state index contributed by atoms with van der Waals surface area (Å²) in [5, 5.41) is 6.44. The van der Waals surface area contributed by atoms with Gasteiger partial charge in [-0.1, -0.05) is 39.0 Å². The normalized spacial score (nSPS) is 19.9. The number of nitrogens with one attached hydrogen (secondary N) is 3. The van der Waals surface area contributed by atoms with Crippen LogP contribution in [0.5, 0.6) is 0 Å². The van der Waals surface area contributed by atoms with Crippen molar-refractivity contribution in [3.05, 3.63) is 78.1 Å². The number of imidazole rings is 1. The van der Waals surface area contributed by atoms with E-state index in [9.17, 15) is 14.4 Å². The minimum absolute atomic E-state index is 0.00868. The Kier molecular flexibility index (Phi) is 8.49. The molecule has 2 saturated heterocycles. The number of aromatic nitrogens is 3. The molecule has 4 heterocycles. The van der Waals surface area contributed by atoms with Crippen molar-refractivity contribution < 1.29 is 14.4 Å². The topological polar surface area (TPSA) is 123 Å². The van der Waals surface area contributed by atoms with Crippen molar-refractivity contribution in [3.63, 3.8) is 0 Å². The Bertz CT molecular complexity index is 1330. The summed E-state index contributed by atoms with van der Waals surface area (Å²) >= 11 is 0. The van der Waals surface area contributed by atoms with E-state index in [2.05, 4.69) is 46.4 Å². The summed E-state index contributed by atoms with van der Waals surface area (Å²) in [4.78, 5) is 55.9. The number of nitrogens with zero attached hydrogens (tertiary/aromatic N) is 4. The van der Waals surface area contributed by atoms with Gasteiger partial charge < -0.3 is 20.5 Å². The molecular formula is C31H39N7O3. The number of amides is 3. The van der Waals surface area contributed by atoms with Crippen molar-refractivity contribution in [3.8, 4) is 0 Å². The zero-order chi connectivity index (χ0) is 29.0. The van der Waals surface area contributed by atoms with Gasteiger partial charge >= 0.3 is 0 Å². The predicted octanol–water partition coefficient (Wildman–Crippen LogP) is 3.21. The van der Waals surface area contributed by atoms with Gasteiger partial charge in [0.1, 0.15) is 11.7 Å². The van der Waals surface area contributed by atoms with Crippen LogP contribution in [0, 0.1) is 5.92 Å². The van der Waals surface area contributed by atoms with Gasteiger partial charge in [-0.25, -0.2) is 4.98 Å². The molecule has 0 bridgehead atoms. The monoisotopic (exact) mass is 557 g/mol. The number of likely N-dealkylation sites (tertiary alicyclic amines) is 1. The Morgan fingerprint density at radius 3 is 2.56 bits per heavy atom. The molecule has 0 aliphatic carbocycles. The summed E-state index contributed by atoms with van der Waals surface area (Å²) in [6, 6.07) is 10.1. The van der Waals surface area contributed by atoms with Crippen LogP contribution in [0.3, 0.4) is 0 Å². The fraction of sp³-hybridized carbons (Fsp3) is 0.452. The number of rotatable bonds is 7. The summed E-state index contributed by atoms with van der Waals surface area (Å²) in [7, 11) is 0. The second-order valence-corrected chi connectivity index (χ2v) is 11.9. The van der Waals surface area contributed by atoms with E-state index >= 15 is 0 Å². The van der Waals surface area contributed by atoms with Gasteiger partial charge in [-0.15, -0.1) is 0 Å². The SMILES string of the molecule is CC(C)(C)c1ccc(N(C(=O)c2c[nH]cn2)C(C(=O)NC2CCCN(C(=O)C3CCNC3)C2)c2cccnc2)cc1. The molecule has 10 heteroatoms. The van der Waals surface area contributed by atoms with Crippen LogP contribution in [0.25, 0.3) is 0 Å². The van der Waals surface area contributed by atoms with Crippen LogP contribution in [-0.2, 0) is 15.0 Å². The zero-order valence-corrected chi connectivity index (χ0v) is 24.0. The lowest BCUT2D eigenvalue weighted by molar-refractivity contribution is -0.137. The highest BCUT2D eigenvalue weighted by Crippen LogP contribution is 2.32. The number of aromatic amines is 1. The third-order valence-corrected chi connectivity index (χ3v) is 7.94. The summed E-state index contributed by atoms with van der Waals surface area (Å²) in [6.07, 6.45) is 8.62. The Morgan fingerprint density at radius 1 is 1.12 bits per heavy atom. The average Bonchev–Trinajstić information content (AvgIpc) is 3.71. The molecule has 0 radical (unpaired) electrons. The number of hydrogen-bond donors (Lipinski definition) is 3. The molecule has 2 aromatic heterocycles. The van der Waals surface area contributed by atoms with Gasteiger partial charge in [-0.2, -0.15) is 0 Å². The first-order valence-corrected chi connectivity index (χ1v) is 14.3. The van der Waals surface area contributed by atoms with E-state index in [1.54, 1.807) is 24.5 Å². The van der Waals surface area contributed by atoms with Crippen molar-refractivity contribution in [2.75, 3.05) is 31.1 Å². The molecule has 2 fully saturated rings. The number of hydrogen-bond acceptors (Lipinski definition) is 6. The predicted molar refractivity (Wildman–Crippen MR) is 156 cm³/mol. The molecule has 5 rings (SSSR count). The highest BCUT2D eigenvalue weighted by molar-refractivity contribution is 6.09. The van der Waals surface area contributed by atoms with E-state index < -0.39 is 11.9 Å². The number of carbonyl (C=O) groups excluding carboxylic acids is 3. The number of H-pyrrole nitrogens is 1. The minimum Gasteiger partial charge on any atom is -0.350 e. The van der Waals surface area contributed by atoms with Gasteiger partial charge in [0.25, 0.3) is 5.91 Å². The van der Waals surface area contributed by atoms with Gasteiger partial charge in [0, 0.05) is 55.5 Å². The molecule has 3 N–H and O–H groups in total. The summed E-state index contributed by atoms with van der Waals surface area (Å²) < 4.78 is 0. The number of carbonyl (C=O) groups is 3. The van der Waals surface area contributed by atoms with Crippen molar-refractivity contribution >= 4 is 23.4 Å². The van der Waals surface area contributed by atoms with Crippen LogP contribution in [0.15, 0.2) is 61.3 Å². The van der Waals surface area contributed by atoms with E-state index in [4.69, 9.17) is 0 Å². The Morgan fingerprint density at radius 2 is 1.93 bits per heavy atom. The van der Waals surface area contributed by atoms with Crippen molar-refractivity contribution in [2.45, 2.75) is 57.5 Å². The molecule has 3 unspecified atom stereocenters. The van der Waals surface area contributed by atoms with E-state index in [1.165, 1.54) is 17.4 Å². The number of piperidine rings is 1. The van der Waals surface area contributed by atoms with E-state index in [-0.39, 0.29) is 34.9 Å². The zero-order valence-electron chi connectivity index (χ0n) is 24.0. The highest BCUT2D eigenvalue weighted by Gasteiger charge is 2.37. The smallest absolute Gasteiger partial charge is 0.279 e. The average molecular weight is 558 g/mol. The molecule has 10 nitrogen and oxygen atoms in total. The van der Waals surface area contributed by atoms with E-state index in [1.807, 2.05) is 29.2 Å². The van der Waals surface area contributed by atoms with Crippen LogP contribution in [0.1, 0.15) is 67.7 Å². The molecular weight excluding hydrogens is 518 g/mol. The highest BCUT2D eigenvalue weighted by atomic mass is 16.2. The van der Waals surface area contributed by atoms with Crippen molar-refractivity contribution in [1.29, 1.82) is 0 Å². The van der Waals surface area contributed by atoms with Gasteiger partial charge in [0.2, 0.25) is 11.8 Å². The fourth-order valence-corrected chi connectivity index (χ4v) is 5.66. The third kappa shape index (κ3) is 6.48. The third-order valence-electron chi connectivity index (χ3n) is 7.94. The Balaban J connectivity index is 1.46. The van der Waals surface area contributed by atoms with Gasteiger partial charge in [0.05, 0.1) is 12.2 Å². The van der Waals surface area contributed by atoms with Crippen LogP contribution < -0.4 is 15.5 Å². The van der Waals surface area contributed by atoms with Crippen molar-refractivity contribution in [2.24, 2.45) is 5.92 Å². The summed E-state index contributed by atoms with van der Waals surface area (Å²) in [5.74, 6) is -0.603. The molecule has 3 amide bonds. The van der Waals surface area contributed by atoms with E-state index in [0.717, 1.165) is 31.4 Å². The lowest BCUT2D eigenvalue weighted by atomic mass is 9.87. The Labute approximate surface area is 240 Å². The Hall–Kier alpha value is -4.05. The lowest BCUT2D eigenvalue weighted by Gasteiger charge is -2.37. The van der Waals surface area contributed by atoms with Gasteiger partial charge in [0.15, 0.2) is 0 Å². The molecule has 2 aliphatic heterocycles. The van der Waals surface area contributed by atoms with Crippen LogP contribution >= 0.6 is 0 Å². The number of anilines is 1. The summed E-state index contributed by atoms with van der Waals surface area (Å²) in [5.41, 5.74) is 2.39. The first-order valence-electron chi connectivity index (χ1n) is 14.3. The molecule has 2 aliphatic rings. The molecule has 3 aromatic rings. The maximum absolute atomic E-state index is 14.2. The van der Waals surface area contributed by atoms with Crippen LogP contribution in [-0.4, -0.2) is 69.8 Å². The molecule has 1 aromatic carbocycles. The number of benzene rings is 1. The summed E-state index contributed by atoms with van der Waals surface area (Å²) in [6.45, 7) is 9.08. The van der Waals surface area contributed by atoms with Gasteiger partial charge in [-0.3, -0.25) is 24.3 Å². The molecule has 0 spiro atoms. The molecule has 0 saturated carbocycles. The fourth-order valence-electron chi connectivity index (χ4n) is 5.66. The molecule has 41 heavy (non-hydrogen) atoms. The standard InChI is InChI=1S/C31H39N7O3/c1-31(2,3)23-8-10-25(11-9-23)38(30(41)26-18-34-20-35-26)27(21-6-4-13-32-16-21)28(39)36-24-7-5-15-37(19-24)29(40)22-12-14-33-17-22/h4,6,8-11,13,16,18,20,22,24,27,33H,5,7,12,14-15,17,19H2,1-3H3,(H,34,35)(H,36,39). The van der Waals surface area contributed by atoms with E-state index in [0.29, 0.717) is 30.9 Å². The molecule has 216 valence electrons. The quantitative estimate of drug-likeness (QED) is 0.410. The second kappa shape index (κ2) is 12.2.